The number of hydrogen-bond acceptors (Lipinski definition) is 6. The number of carboxylic acids is 1. The van der Waals surface area contributed by atoms with E-state index >= 15 is 0 Å². The van der Waals surface area contributed by atoms with Crippen LogP contribution in [-0.2, 0) is 15.1 Å². The van der Waals surface area contributed by atoms with Gasteiger partial charge in [-0.2, -0.15) is 0 Å². The second kappa shape index (κ2) is 5.35. The molecule has 1 aliphatic rings. The first-order chi connectivity index (χ1) is 9.29. The first-order valence-corrected chi connectivity index (χ1v) is 7.25. The van der Waals surface area contributed by atoms with Gasteiger partial charge in [-0.15, -0.1) is 10.2 Å². The summed E-state index contributed by atoms with van der Waals surface area (Å²) in [6.07, 6.45) is 1.56. The molecule has 1 aromatic heterocycles. The van der Waals surface area contributed by atoms with E-state index in [1.807, 2.05) is 13.8 Å². The first-order valence-electron chi connectivity index (χ1n) is 6.44. The van der Waals surface area contributed by atoms with E-state index in [4.69, 9.17) is 10.8 Å². The van der Waals surface area contributed by atoms with Gasteiger partial charge >= 0.3 is 5.97 Å². The van der Waals surface area contributed by atoms with E-state index in [-0.39, 0.29) is 11.8 Å². The van der Waals surface area contributed by atoms with Gasteiger partial charge in [-0.25, -0.2) is 0 Å². The molecule has 0 aromatic carbocycles. The van der Waals surface area contributed by atoms with Crippen molar-refractivity contribution in [3.8, 4) is 0 Å². The Hall–Kier alpha value is -1.70. The van der Waals surface area contributed by atoms with Crippen molar-refractivity contribution in [3.05, 3.63) is 5.01 Å². The number of rotatable bonds is 4. The summed E-state index contributed by atoms with van der Waals surface area (Å²) >= 11 is 1.23. The Balaban J connectivity index is 1.99. The molecular weight excluding hydrogens is 280 g/mol. The SMILES string of the molecule is CC(C)(NC(=O)[C@H]1CC[C@@H](C(=O)O)C1)c1nnc(N)s1. The Morgan fingerprint density at radius 3 is 2.50 bits per heavy atom. The van der Waals surface area contributed by atoms with Crippen LogP contribution in [0.25, 0.3) is 0 Å². The molecule has 0 aliphatic heterocycles. The maximum absolute atomic E-state index is 12.2. The van der Waals surface area contributed by atoms with Crippen LogP contribution < -0.4 is 11.1 Å². The molecule has 1 heterocycles. The summed E-state index contributed by atoms with van der Waals surface area (Å²) in [4.78, 5) is 23.1. The zero-order valence-corrected chi connectivity index (χ0v) is 12.2. The molecule has 110 valence electrons. The fourth-order valence-electron chi connectivity index (χ4n) is 2.39. The molecule has 8 heteroatoms. The average molecular weight is 298 g/mol. The summed E-state index contributed by atoms with van der Waals surface area (Å²) in [7, 11) is 0. The fourth-order valence-corrected chi connectivity index (χ4v) is 3.06. The van der Waals surface area contributed by atoms with Crippen LogP contribution in [0.5, 0.6) is 0 Å². The Labute approximate surface area is 120 Å². The van der Waals surface area contributed by atoms with Crippen LogP contribution >= 0.6 is 11.3 Å². The molecule has 1 saturated carbocycles. The Morgan fingerprint density at radius 2 is 2.00 bits per heavy atom. The molecular formula is C12H18N4O3S. The molecule has 1 aliphatic carbocycles. The molecule has 0 spiro atoms. The Morgan fingerprint density at radius 1 is 1.35 bits per heavy atom. The highest BCUT2D eigenvalue weighted by molar-refractivity contribution is 7.15. The summed E-state index contributed by atoms with van der Waals surface area (Å²) < 4.78 is 0. The molecule has 1 fully saturated rings. The van der Waals surface area contributed by atoms with Crippen LogP contribution in [0.4, 0.5) is 5.13 Å². The van der Waals surface area contributed by atoms with Crippen LogP contribution in [0.15, 0.2) is 0 Å². The summed E-state index contributed by atoms with van der Waals surface area (Å²) in [5, 5.41) is 20.5. The topological polar surface area (TPSA) is 118 Å². The van der Waals surface area contributed by atoms with Gasteiger partial charge in [0.15, 0.2) is 0 Å². The summed E-state index contributed by atoms with van der Waals surface area (Å²) in [5.74, 6) is -1.62. The lowest BCUT2D eigenvalue weighted by molar-refractivity contribution is -0.141. The lowest BCUT2D eigenvalue weighted by atomic mass is 10.0. The highest BCUT2D eigenvalue weighted by Crippen LogP contribution is 2.32. The number of aliphatic carboxylic acids is 1. The van der Waals surface area contributed by atoms with Crippen molar-refractivity contribution in [1.82, 2.24) is 15.5 Å². The van der Waals surface area contributed by atoms with Crippen molar-refractivity contribution in [2.24, 2.45) is 11.8 Å². The molecule has 2 atom stereocenters. The molecule has 0 saturated heterocycles. The van der Waals surface area contributed by atoms with Gasteiger partial charge in [0.05, 0.1) is 11.5 Å². The number of carboxylic acid groups (broad SMARTS) is 1. The van der Waals surface area contributed by atoms with E-state index < -0.39 is 17.4 Å². The molecule has 20 heavy (non-hydrogen) atoms. The standard InChI is InChI=1S/C12H18N4O3S/c1-12(2,10-15-16-11(13)20-10)14-8(17)6-3-4-7(5-6)9(18)19/h6-7H,3-5H2,1-2H3,(H2,13,16)(H,14,17)(H,18,19)/t6-,7+/m0/s1. The largest absolute Gasteiger partial charge is 0.481 e. The first kappa shape index (κ1) is 14.7. The van der Waals surface area contributed by atoms with E-state index in [0.29, 0.717) is 29.4 Å². The second-order valence-electron chi connectivity index (χ2n) is 5.60. The van der Waals surface area contributed by atoms with Gasteiger partial charge in [-0.3, -0.25) is 9.59 Å². The van der Waals surface area contributed by atoms with E-state index in [1.165, 1.54) is 11.3 Å². The Bertz CT molecular complexity index is 529. The minimum atomic E-state index is -0.823. The van der Waals surface area contributed by atoms with Gasteiger partial charge in [-0.1, -0.05) is 11.3 Å². The summed E-state index contributed by atoms with van der Waals surface area (Å²) in [5.41, 5.74) is 4.89. The normalized spacial score (nSPS) is 22.7. The van der Waals surface area contributed by atoms with Crippen molar-refractivity contribution in [2.45, 2.75) is 38.6 Å². The molecule has 2 rings (SSSR count). The smallest absolute Gasteiger partial charge is 0.306 e. The maximum atomic E-state index is 12.2. The highest BCUT2D eigenvalue weighted by atomic mass is 32.1. The summed E-state index contributed by atoms with van der Waals surface area (Å²) in [6.45, 7) is 3.66. The quantitative estimate of drug-likeness (QED) is 0.762. The number of anilines is 1. The van der Waals surface area contributed by atoms with Gasteiger partial charge in [0.25, 0.3) is 0 Å². The monoisotopic (exact) mass is 298 g/mol. The van der Waals surface area contributed by atoms with Crippen LogP contribution in [0.1, 0.15) is 38.1 Å². The lowest BCUT2D eigenvalue weighted by Crippen LogP contribution is -2.43. The number of amides is 1. The van der Waals surface area contributed by atoms with E-state index in [9.17, 15) is 9.59 Å². The van der Waals surface area contributed by atoms with E-state index in [1.54, 1.807) is 0 Å². The third kappa shape index (κ3) is 3.06. The van der Waals surface area contributed by atoms with Crippen molar-refractivity contribution >= 4 is 28.3 Å². The number of hydrogen-bond donors (Lipinski definition) is 3. The number of nitrogens with zero attached hydrogens (tertiary/aromatic N) is 2. The van der Waals surface area contributed by atoms with Crippen LogP contribution in [0.2, 0.25) is 0 Å². The molecule has 0 unspecified atom stereocenters. The predicted octanol–water partition coefficient (Wildman–Crippen LogP) is 0.972. The lowest BCUT2D eigenvalue weighted by Gasteiger charge is -2.25. The number of carbonyl (C=O) groups excluding carboxylic acids is 1. The molecule has 4 N–H and O–H groups in total. The zero-order valence-electron chi connectivity index (χ0n) is 11.4. The molecule has 1 aromatic rings. The van der Waals surface area contributed by atoms with Crippen LogP contribution in [0, 0.1) is 11.8 Å². The minimum absolute atomic E-state index is 0.132. The van der Waals surface area contributed by atoms with Gasteiger partial charge in [0.2, 0.25) is 11.0 Å². The molecule has 7 nitrogen and oxygen atoms in total. The number of aromatic nitrogens is 2. The molecule has 1 amide bonds. The number of nitrogens with two attached hydrogens (primary N) is 1. The zero-order chi connectivity index (χ0) is 14.9. The van der Waals surface area contributed by atoms with Crippen molar-refractivity contribution in [2.75, 3.05) is 5.73 Å². The van der Waals surface area contributed by atoms with Crippen LogP contribution in [0.3, 0.4) is 0 Å². The van der Waals surface area contributed by atoms with Crippen LogP contribution in [-0.4, -0.2) is 27.2 Å². The summed E-state index contributed by atoms with van der Waals surface area (Å²) in [6, 6.07) is 0. The third-order valence-corrected chi connectivity index (χ3v) is 4.64. The maximum Gasteiger partial charge on any atom is 0.306 e. The second-order valence-corrected chi connectivity index (χ2v) is 6.61. The van der Waals surface area contributed by atoms with Crippen molar-refractivity contribution in [1.29, 1.82) is 0 Å². The average Bonchev–Trinajstić information content (AvgIpc) is 2.96. The van der Waals surface area contributed by atoms with Gasteiger partial charge < -0.3 is 16.2 Å². The van der Waals surface area contributed by atoms with Gasteiger partial charge in [0.1, 0.15) is 5.01 Å². The number of carbonyl (C=O) groups is 2. The van der Waals surface area contributed by atoms with E-state index in [2.05, 4.69) is 15.5 Å². The van der Waals surface area contributed by atoms with Crippen molar-refractivity contribution < 1.29 is 14.7 Å². The number of nitrogens with one attached hydrogen (secondary N) is 1. The van der Waals surface area contributed by atoms with Gasteiger partial charge in [0, 0.05) is 5.92 Å². The fraction of sp³-hybridized carbons (Fsp3) is 0.667. The minimum Gasteiger partial charge on any atom is -0.481 e. The molecule has 0 radical (unpaired) electrons. The predicted molar refractivity (Wildman–Crippen MR) is 74.0 cm³/mol. The third-order valence-electron chi connectivity index (χ3n) is 3.56. The van der Waals surface area contributed by atoms with Gasteiger partial charge in [-0.05, 0) is 33.1 Å². The van der Waals surface area contributed by atoms with Crippen molar-refractivity contribution in [3.63, 3.8) is 0 Å². The number of nitrogen functional groups attached to an aromatic ring is 1. The Kier molecular flexibility index (Phi) is 3.94. The van der Waals surface area contributed by atoms with E-state index in [0.717, 1.165) is 0 Å². The highest BCUT2D eigenvalue weighted by Gasteiger charge is 2.36. The molecule has 0 bridgehead atoms.